The molecule has 0 aliphatic rings. The Kier molecular flexibility index (Phi) is 3.84. The van der Waals surface area contributed by atoms with Crippen molar-refractivity contribution in [2.75, 3.05) is 5.32 Å². The normalized spacial score (nSPS) is 10.2. The Morgan fingerprint density at radius 1 is 1.28 bits per heavy atom. The van der Waals surface area contributed by atoms with Crippen molar-refractivity contribution in [2.24, 2.45) is 0 Å². The van der Waals surface area contributed by atoms with E-state index in [1.807, 2.05) is 19.1 Å². The van der Waals surface area contributed by atoms with Crippen LogP contribution in [0.25, 0.3) is 0 Å². The van der Waals surface area contributed by atoms with Crippen LogP contribution in [0.4, 0.5) is 5.69 Å². The van der Waals surface area contributed by atoms with E-state index in [9.17, 15) is 4.79 Å². The molecule has 1 aromatic carbocycles. The van der Waals surface area contributed by atoms with Gasteiger partial charge in [-0.25, -0.2) is 0 Å². The van der Waals surface area contributed by atoms with Crippen molar-refractivity contribution in [1.29, 1.82) is 0 Å². The Balaban J connectivity index is 2.27. The maximum absolute atomic E-state index is 12.0. The number of hydrogen-bond acceptors (Lipinski definition) is 2. The van der Waals surface area contributed by atoms with Gasteiger partial charge in [0.2, 0.25) is 0 Å². The molecular weight excluding hydrogens is 271 g/mol. The molecule has 3 nitrogen and oxygen atoms in total. The van der Waals surface area contributed by atoms with Crippen LogP contribution in [-0.4, -0.2) is 10.9 Å². The standard InChI is InChI=1S/C13H10Cl2N2O/c1-8-3-2-4-11(12(8)15)17-13(18)9-7-16-6-5-10(9)14/h2-7H,1H3,(H,17,18). The first-order valence-corrected chi connectivity index (χ1v) is 6.01. The molecule has 0 saturated carbocycles. The van der Waals surface area contributed by atoms with Gasteiger partial charge in [0.15, 0.2) is 0 Å². The monoisotopic (exact) mass is 280 g/mol. The van der Waals surface area contributed by atoms with E-state index in [-0.39, 0.29) is 5.91 Å². The maximum Gasteiger partial charge on any atom is 0.258 e. The zero-order chi connectivity index (χ0) is 13.1. The van der Waals surface area contributed by atoms with Crippen LogP contribution < -0.4 is 5.32 Å². The number of anilines is 1. The van der Waals surface area contributed by atoms with Crippen molar-refractivity contribution in [3.8, 4) is 0 Å². The molecular formula is C13H10Cl2N2O. The van der Waals surface area contributed by atoms with E-state index >= 15 is 0 Å². The maximum atomic E-state index is 12.0. The van der Waals surface area contributed by atoms with Crippen LogP contribution in [0.3, 0.4) is 0 Å². The average Bonchev–Trinajstić information content (AvgIpc) is 2.35. The van der Waals surface area contributed by atoms with Crippen molar-refractivity contribution >= 4 is 34.8 Å². The summed E-state index contributed by atoms with van der Waals surface area (Å²) in [5.41, 5.74) is 1.77. The highest BCUT2D eigenvalue weighted by atomic mass is 35.5. The van der Waals surface area contributed by atoms with Crippen LogP contribution in [0, 0.1) is 6.92 Å². The van der Waals surface area contributed by atoms with Gasteiger partial charge in [-0.1, -0.05) is 35.3 Å². The number of aryl methyl sites for hydroxylation is 1. The number of halogens is 2. The molecule has 1 heterocycles. The van der Waals surface area contributed by atoms with Crippen LogP contribution >= 0.6 is 23.2 Å². The van der Waals surface area contributed by atoms with Gasteiger partial charge in [-0.2, -0.15) is 0 Å². The second-order valence-electron chi connectivity index (χ2n) is 3.75. The van der Waals surface area contributed by atoms with Crippen molar-refractivity contribution in [3.05, 3.63) is 57.8 Å². The van der Waals surface area contributed by atoms with E-state index in [0.29, 0.717) is 21.3 Å². The Morgan fingerprint density at radius 3 is 2.78 bits per heavy atom. The van der Waals surface area contributed by atoms with Gasteiger partial charge in [0.1, 0.15) is 0 Å². The minimum Gasteiger partial charge on any atom is -0.321 e. The van der Waals surface area contributed by atoms with Gasteiger partial charge >= 0.3 is 0 Å². The molecule has 1 N–H and O–H groups in total. The van der Waals surface area contributed by atoms with Gasteiger partial charge in [-0.15, -0.1) is 0 Å². The highest BCUT2D eigenvalue weighted by molar-refractivity contribution is 6.36. The molecule has 2 rings (SSSR count). The highest BCUT2D eigenvalue weighted by Gasteiger charge is 2.12. The number of rotatable bonds is 2. The van der Waals surface area contributed by atoms with Crippen LogP contribution in [0.2, 0.25) is 10.0 Å². The summed E-state index contributed by atoms with van der Waals surface area (Å²) in [7, 11) is 0. The van der Waals surface area contributed by atoms with Crippen molar-refractivity contribution < 1.29 is 4.79 Å². The number of carbonyl (C=O) groups is 1. The predicted molar refractivity (Wildman–Crippen MR) is 73.4 cm³/mol. The SMILES string of the molecule is Cc1cccc(NC(=O)c2cnccc2Cl)c1Cl. The summed E-state index contributed by atoms with van der Waals surface area (Å²) < 4.78 is 0. The number of amides is 1. The third kappa shape index (κ3) is 2.63. The summed E-state index contributed by atoms with van der Waals surface area (Å²) in [6.07, 6.45) is 2.94. The first-order valence-electron chi connectivity index (χ1n) is 5.25. The molecule has 92 valence electrons. The number of pyridine rings is 1. The largest absolute Gasteiger partial charge is 0.321 e. The van der Waals surface area contributed by atoms with E-state index in [4.69, 9.17) is 23.2 Å². The topological polar surface area (TPSA) is 42.0 Å². The first kappa shape index (κ1) is 12.9. The highest BCUT2D eigenvalue weighted by Crippen LogP contribution is 2.26. The lowest BCUT2D eigenvalue weighted by Crippen LogP contribution is -2.13. The summed E-state index contributed by atoms with van der Waals surface area (Å²) in [5.74, 6) is -0.333. The number of benzene rings is 1. The third-order valence-corrected chi connectivity index (χ3v) is 3.28. The predicted octanol–water partition coefficient (Wildman–Crippen LogP) is 3.95. The smallest absolute Gasteiger partial charge is 0.258 e. The quantitative estimate of drug-likeness (QED) is 0.905. The van der Waals surface area contributed by atoms with E-state index < -0.39 is 0 Å². The molecule has 1 aromatic heterocycles. The molecule has 0 fully saturated rings. The number of hydrogen-bond donors (Lipinski definition) is 1. The van der Waals surface area contributed by atoms with Gasteiger partial charge in [0, 0.05) is 12.4 Å². The number of carbonyl (C=O) groups excluding carboxylic acids is 1. The fourth-order valence-electron chi connectivity index (χ4n) is 1.48. The molecule has 0 bridgehead atoms. The Labute approximate surface area is 115 Å². The summed E-state index contributed by atoms with van der Waals surface area (Å²) in [6, 6.07) is 6.99. The molecule has 0 aliphatic heterocycles. The number of nitrogens with zero attached hydrogens (tertiary/aromatic N) is 1. The van der Waals surface area contributed by atoms with Crippen LogP contribution in [0.15, 0.2) is 36.7 Å². The lowest BCUT2D eigenvalue weighted by Gasteiger charge is -2.09. The molecule has 1 amide bonds. The van der Waals surface area contributed by atoms with Gasteiger partial charge in [0.25, 0.3) is 5.91 Å². The second kappa shape index (κ2) is 5.38. The summed E-state index contributed by atoms with van der Waals surface area (Å²) in [4.78, 5) is 15.9. The zero-order valence-electron chi connectivity index (χ0n) is 9.58. The molecule has 0 atom stereocenters. The van der Waals surface area contributed by atoms with Gasteiger partial charge in [-0.05, 0) is 24.6 Å². The van der Waals surface area contributed by atoms with E-state index in [0.717, 1.165) is 5.56 Å². The van der Waals surface area contributed by atoms with E-state index in [2.05, 4.69) is 10.3 Å². The molecule has 0 unspecified atom stereocenters. The number of nitrogens with one attached hydrogen (secondary N) is 1. The molecule has 0 radical (unpaired) electrons. The Bertz CT molecular complexity index is 599. The summed E-state index contributed by atoms with van der Waals surface area (Å²) in [5, 5.41) is 3.59. The minimum atomic E-state index is -0.333. The second-order valence-corrected chi connectivity index (χ2v) is 4.53. The van der Waals surface area contributed by atoms with E-state index in [1.54, 1.807) is 12.1 Å². The van der Waals surface area contributed by atoms with Crippen LogP contribution in [-0.2, 0) is 0 Å². The summed E-state index contributed by atoms with van der Waals surface area (Å²) in [6.45, 7) is 1.87. The zero-order valence-corrected chi connectivity index (χ0v) is 11.1. The van der Waals surface area contributed by atoms with Gasteiger partial charge in [0.05, 0.1) is 21.3 Å². The van der Waals surface area contributed by atoms with Crippen molar-refractivity contribution in [1.82, 2.24) is 4.98 Å². The fraction of sp³-hybridized carbons (Fsp3) is 0.0769. The molecule has 0 aliphatic carbocycles. The third-order valence-electron chi connectivity index (χ3n) is 2.45. The molecule has 0 saturated heterocycles. The fourth-order valence-corrected chi connectivity index (χ4v) is 1.84. The Hall–Kier alpha value is -1.58. The number of aromatic nitrogens is 1. The average molecular weight is 281 g/mol. The van der Waals surface area contributed by atoms with Crippen LogP contribution in [0.1, 0.15) is 15.9 Å². The summed E-state index contributed by atoms with van der Waals surface area (Å²) >= 11 is 12.0. The molecule has 18 heavy (non-hydrogen) atoms. The lowest BCUT2D eigenvalue weighted by molar-refractivity contribution is 0.102. The Morgan fingerprint density at radius 2 is 2.06 bits per heavy atom. The minimum absolute atomic E-state index is 0.316. The van der Waals surface area contributed by atoms with Crippen molar-refractivity contribution in [3.63, 3.8) is 0 Å². The lowest BCUT2D eigenvalue weighted by atomic mass is 10.2. The van der Waals surface area contributed by atoms with Crippen molar-refractivity contribution in [2.45, 2.75) is 6.92 Å². The molecule has 5 heteroatoms. The first-order chi connectivity index (χ1) is 8.59. The van der Waals surface area contributed by atoms with Crippen LogP contribution in [0.5, 0.6) is 0 Å². The van der Waals surface area contributed by atoms with Gasteiger partial charge in [-0.3, -0.25) is 9.78 Å². The molecule has 2 aromatic rings. The van der Waals surface area contributed by atoms with Gasteiger partial charge < -0.3 is 5.32 Å². The molecule has 0 spiro atoms. The van der Waals surface area contributed by atoms with E-state index in [1.165, 1.54) is 12.4 Å².